The van der Waals surface area contributed by atoms with E-state index in [1.54, 1.807) is 0 Å². The van der Waals surface area contributed by atoms with E-state index in [9.17, 15) is 127 Å². The molecule has 0 bridgehead atoms. The molecule has 0 aromatic heterocycles. The largest absolute Gasteiger partial charge is 0.397 e. The van der Waals surface area contributed by atoms with Crippen LogP contribution in [0.4, 0.5) is 0 Å². The standard InChI is InChI=1S/C50H84N4O41S2/c1-12-27(63)35(71)36(72)48(83-12)94-43-42(93-47-26(54-16(5)62)40(29(65)18(7-56)86-47)91-46-23(51-13(2)59)33(69)28(64)17(6-55)85-46)31(67)20(9-58)88-50(43)92-39-25(53-15(4)61)44(74)84-21(32(39)68)10-81-45-24(52-14(3)60)34(70)38(22(89-45)11-82-96(75,76)77)90-49-37(73)41(95-97(78,79)80)30(66)19(8-57)87-49/h12,17-50,55-58,63-74H,6-11H2,1-5H3,(H,51,59)(H,52,60)(H,53,61)(H,54,62)(H,75,76,77)(H,78,79,80)/t12-,17+,18+,19+,20+,21+,22+,23+,24+,25+,26+,27+,28+,29-,30-,31-,32-,33+,34+,35+,36-,37+,38+,39+,40+,41-,42-,43+,44-,45+,46+,47+,48-,49-,50-/m0/s1. The number of carbonyl (C=O) groups excluding carboxylic acids is 4. The van der Waals surface area contributed by atoms with Gasteiger partial charge in [-0.05, 0) is 6.92 Å². The second-order valence-corrected chi connectivity index (χ2v) is 25.7. The molecule has 0 aliphatic carbocycles. The number of carbonyl (C=O) groups is 4. The predicted molar refractivity (Wildman–Crippen MR) is 298 cm³/mol. The Morgan fingerprint density at radius 1 is 0.351 bits per heavy atom. The Bertz CT molecular complexity index is 2830. The number of ether oxygens (including phenoxy) is 13. The van der Waals surface area contributed by atoms with E-state index in [-0.39, 0.29) is 0 Å². The summed E-state index contributed by atoms with van der Waals surface area (Å²) in [5.41, 5.74) is 0. The van der Waals surface area contributed by atoms with Gasteiger partial charge in [-0.2, -0.15) is 16.8 Å². The second kappa shape index (κ2) is 34.2. The Labute approximate surface area is 550 Å². The van der Waals surface area contributed by atoms with Crippen molar-refractivity contribution in [3.63, 3.8) is 0 Å². The van der Waals surface area contributed by atoms with Gasteiger partial charge in [0.2, 0.25) is 23.6 Å². The van der Waals surface area contributed by atoms with Gasteiger partial charge >= 0.3 is 20.8 Å². The first-order valence-corrected chi connectivity index (χ1v) is 32.5. The van der Waals surface area contributed by atoms with Gasteiger partial charge in [0.05, 0.1) is 45.7 Å². The third kappa shape index (κ3) is 19.6. The van der Waals surface area contributed by atoms with Crippen LogP contribution in [0.2, 0.25) is 0 Å². The van der Waals surface area contributed by atoms with E-state index in [1.165, 1.54) is 6.92 Å². The maximum absolute atomic E-state index is 13.1. The van der Waals surface area contributed by atoms with Crippen LogP contribution in [-0.2, 0) is 110 Å². The summed E-state index contributed by atoms with van der Waals surface area (Å²) < 4.78 is 152. The van der Waals surface area contributed by atoms with Crippen LogP contribution in [0.15, 0.2) is 0 Å². The van der Waals surface area contributed by atoms with E-state index >= 15 is 0 Å². The van der Waals surface area contributed by atoms with Gasteiger partial charge in [-0.1, -0.05) is 0 Å². The highest BCUT2D eigenvalue weighted by Crippen LogP contribution is 2.39. The van der Waals surface area contributed by atoms with Gasteiger partial charge < -0.3 is 165 Å². The topological polar surface area (TPSA) is 687 Å². The van der Waals surface area contributed by atoms with Gasteiger partial charge in [0.1, 0.15) is 165 Å². The number of rotatable bonds is 26. The Hall–Kier alpha value is -3.54. The van der Waals surface area contributed by atoms with E-state index in [0.717, 1.165) is 27.7 Å². The van der Waals surface area contributed by atoms with Crippen molar-refractivity contribution >= 4 is 44.4 Å². The molecular weight excluding hydrogens is 1380 g/mol. The minimum absolute atomic E-state index is 0.824. The highest BCUT2D eigenvalue weighted by atomic mass is 32.3. The zero-order chi connectivity index (χ0) is 72.2. The molecule has 7 aliphatic heterocycles. The van der Waals surface area contributed by atoms with Gasteiger partial charge in [0.25, 0.3) is 0 Å². The van der Waals surface area contributed by atoms with Crippen molar-refractivity contribution in [3.05, 3.63) is 0 Å². The number of hydrogen-bond donors (Lipinski definition) is 22. The lowest BCUT2D eigenvalue weighted by atomic mass is 9.93. The molecule has 0 radical (unpaired) electrons. The highest BCUT2D eigenvalue weighted by Gasteiger charge is 2.60. The zero-order valence-corrected chi connectivity index (χ0v) is 53.3. The monoisotopic (exact) mass is 1460 g/mol. The molecule has 7 aliphatic rings. The SMILES string of the molecule is CC(=O)N[C@@H]1[C@@H](O[C@@H]2O[C@H](CO)[C@H](O)[C@H](O[C@H]3O[C@H](CO)[C@H](O)[C@H](O[C@H]4O[C@H](CO)[C@@H](O)[C@H](O)[C@H]4NC(C)=O)[C@H]3NC(C)=O)[C@H]2O[C@@H]2O[C@@H](C)[C@@H](O)[C@@H](O)[C@@H]2O)[C@@H](O)[C@@H](CO[C@@H]2O[C@H](COS(=O)(=O)O)[C@@H](O[C@@H]3O[C@H](CO)[C@H](O)[C@H](OS(=O)(=O)O)[C@H]3O)[C@H](O)[C@H]2NC(C)=O)O[C@@H]1O. The molecule has 7 rings (SSSR count). The van der Waals surface area contributed by atoms with Crippen LogP contribution >= 0.6 is 0 Å². The minimum atomic E-state index is -5.50. The van der Waals surface area contributed by atoms with Crippen molar-refractivity contribution in [2.75, 3.05) is 39.6 Å². The molecule has 0 unspecified atom stereocenters. The normalized spacial score (nSPS) is 45.4. The van der Waals surface area contributed by atoms with Crippen LogP contribution in [0.3, 0.4) is 0 Å². The van der Waals surface area contributed by atoms with Crippen molar-refractivity contribution in [2.45, 2.75) is 249 Å². The highest BCUT2D eigenvalue weighted by molar-refractivity contribution is 7.81. The lowest BCUT2D eigenvalue weighted by Crippen LogP contribution is -2.72. The van der Waals surface area contributed by atoms with E-state index in [0.29, 0.717) is 0 Å². The molecule has 7 saturated heterocycles. The fourth-order valence-electron chi connectivity index (χ4n) is 11.8. The number of aliphatic hydroxyl groups is 16. The van der Waals surface area contributed by atoms with Crippen molar-refractivity contribution in [2.24, 2.45) is 0 Å². The van der Waals surface area contributed by atoms with Crippen molar-refractivity contribution < 1.29 is 197 Å². The molecule has 97 heavy (non-hydrogen) atoms. The zero-order valence-electron chi connectivity index (χ0n) is 51.7. The van der Waals surface area contributed by atoms with E-state index < -0.39 is 299 Å². The fraction of sp³-hybridized carbons (Fsp3) is 0.920. The molecule has 7 fully saturated rings. The summed E-state index contributed by atoms with van der Waals surface area (Å²) in [5.74, 6) is -3.72. The first-order chi connectivity index (χ1) is 45.3. The molecule has 562 valence electrons. The minimum Gasteiger partial charge on any atom is -0.394 e. The predicted octanol–water partition coefficient (Wildman–Crippen LogP) is -15.0. The van der Waals surface area contributed by atoms with Crippen LogP contribution in [0.5, 0.6) is 0 Å². The molecule has 7 heterocycles. The lowest BCUT2D eigenvalue weighted by Gasteiger charge is -2.52. The van der Waals surface area contributed by atoms with Crippen molar-refractivity contribution in [1.29, 1.82) is 0 Å². The molecule has 0 saturated carbocycles. The van der Waals surface area contributed by atoms with Crippen LogP contribution in [0, 0.1) is 0 Å². The second-order valence-electron chi connectivity index (χ2n) is 23.6. The quantitative estimate of drug-likeness (QED) is 0.0358. The number of aliphatic hydroxyl groups excluding tert-OH is 16. The fourth-order valence-corrected chi connectivity index (χ4v) is 12.6. The summed E-state index contributed by atoms with van der Waals surface area (Å²) in [4.78, 5) is 51.1. The third-order valence-corrected chi connectivity index (χ3v) is 17.4. The average Bonchev–Trinajstić information content (AvgIpc) is 0.769. The number of hydrogen-bond acceptors (Lipinski definition) is 39. The summed E-state index contributed by atoms with van der Waals surface area (Å²) in [6.45, 7) is -1.94. The van der Waals surface area contributed by atoms with Gasteiger partial charge in [0.15, 0.2) is 44.0 Å². The van der Waals surface area contributed by atoms with Crippen LogP contribution in [0.25, 0.3) is 0 Å². The summed E-state index contributed by atoms with van der Waals surface area (Å²) in [5, 5.41) is 187. The van der Waals surface area contributed by atoms with Gasteiger partial charge in [-0.15, -0.1) is 0 Å². The smallest absolute Gasteiger partial charge is 0.394 e. The van der Waals surface area contributed by atoms with E-state index in [1.807, 2.05) is 0 Å². The van der Waals surface area contributed by atoms with Gasteiger partial charge in [-0.3, -0.25) is 28.3 Å². The van der Waals surface area contributed by atoms with E-state index in [4.69, 9.17) is 61.6 Å². The molecule has 0 spiro atoms. The van der Waals surface area contributed by atoms with Crippen molar-refractivity contribution in [1.82, 2.24) is 21.3 Å². The van der Waals surface area contributed by atoms with Crippen LogP contribution in [0.1, 0.15) is 34.6 Å². The van der Waals surface area contributed by atoms with Gasteiger partial charge in [0, 0.05) is 27.7 Å². The first-order valence-electron chi connectivity index (χ1n) is 29.8. The lowest BCUT2D eigenvalue weighted by molar-refractivity contribution is -0.399. The number of amides is 4. The summed E-state index contributed by atoms with van der Waals surface area (Å²) in [7, 11) is -10.9. The molecule has 47 heteroatoms. The molecule has 45 nitrogen and oxygen atoms in total. The average molecular weight is 1460 g/mol. The molecule has 22 N–H and O–H groups in total. The third-order valence-electron chi connectivity index (χ3n) is 16.5. The molecule has 35 atom stereocenters. The van der Waals surface area contributed by atoms with Crippen LogP contribution < -0.4 is 21.3 Å². The Morgan fingerprint density at radius 3 is 1.29 bits per heavy atom. The Kier molecular flexibility index (Phi) is 28.4. The molecule has 0 aromatic rings. The van der Waals surface area contributed by atoms with Crippen LogP contribution in [-0.4, -0.2) is 386 Å². The summed E-state index contributed by atoms with van der Waals surface area (Å²) in [6.07, 6.45) is -65.1. The summed E-state index contributed by atoms with van der Waals surface area (Å²) >= 11 is 0. The maximum atomic E-state index is 13.1. The molecular formula is C50H84N4O41S2. The summed E-state index contributed by atoms with van der Waals surface area (Å²) in [6, 6.07) is -7.55. The molecule has 0 aromatic carbocycles. The van der Waals surface area contributed by atoms with Gasteiger partial charge in [-0.25, -0.2) is 8.37 Å². The molecule has 4 amide bonds. The Balaban J connectivity index is 1.24. The van der Waals surface area contributed by atoms with Crippen molar-refractivity contribution in [3.8, 4) is 0 Å². The maximum Gasteiger partial charge on any atom is 0.397 e. The Morgan fingerprint density at radius 2 is 0.753 bits per heavy atom. The first kappa shape index (κ1) is 80.8. The van der Waals surface area contributed by atoms with E-state index in [2.05, 4.69) is 29.6 Å². The number of nitrogens with one attached hydrogen (secondary N) is 4.